The molecule has 5 heteroatoms. The molecule has 4 rings (SSSR count). The third kappa shape index (κ3) is 4.00. The molecule has 0 radical (unpaired) electrons. The fraction of sp³-hybridized carbons (Fsp3) is 0.450. The SMILES string of the molecule is c1cncc(Oc2ccccc2CN2CCOC3(CCCNC3)C2)c1. The molecular weight excluding hydrogens is 314 g/mol. The first kappa shape index (κ1) is 16.5. The molecule has 2 aromatic rings. The van der Waals surface area contributed by atoms with Gasteiger partial charge in [-0.1, -0.05) is 18.2 Å². The van der Waals surface area contributed by atoms with Crippen LogP contribution in [0.4, 0.5) is 0 Å². The molecular formula is C20H25N3O2. The Morgan fingerprint density at radius 3 is 3.04 bits per heavy atom. The van der Waals surface area contributed by atoms with Crippen molar-refractivity contribution in [3.05, 3.63) is 54.4 Å². The van der Waals surface area contributed by atoms with Crippen LogP contribution >= 0.6 is 0 Å². The van der Waals surface area contributed by atoms with Crippen LogP contribution in [0.25, 0.3) is 0 Å². The van der Waals surface area contributed by atoms with Gasteiger partial charge < -0.3 is 14.8 Å². The van der Waals surface area contributed by atoms with Gasteiger partial charge in [0.2, 0.25) is 0 Å². The Morgan fingerprint density at radius 2 is 2.20 bits per heavy atom. The molecule has 3 heterocycles. The van der Waals surface area contributed by atoms with Crippen molar-refractivity contribution in [2.24, 2.45) is 0 Å². The number of rotatable bonds is 4. The predicted octanol–water partition coefficient (Wildman–Crippen LogP) is 2.83. The minimum absolute atomic E-state index is 0.0182. The van der Waals surface area contributed by atoms with Crippen LogP contribution in [0.1, 0.15) is 18.4 Å². The van der Waals surface area contributed by atoms with E-state index in [1.165, 1.54) is 12.0 Å². The molecule has 0 bridgehead atoms. The Labute approximate surface area is 149 Å². The molecule has 25 heavy (non-hydrogen) atoms. The first-order chi connectivity index (χ1) is 12.3. The van der Waals surface area contributed by atoms with Crippen molar-refractivity contribution in [3.63, 3.8) is 0 Å². The zero-order valence-corrected chi connectivity index (χ0v) is 14.5. The molecule has 1 atom stereocenters. The van der Waals surface area contributed by atoms with Crippen LogP contribution in [0.3, 0.4) is 0 Å². The van der Waals surface area contributed by atoms with E-state index in [0.717, 1.165) is 57.3 Å². The van der Waals surface area contributed by atoms with Gasteiger partial charge in [0.15, 0.2) is 0 Å². The summed E-state index contributed by atoms with van der Waals surface area (Å²) in [6, 6.07) is 12.1. The summed E-state index contributed by atoms with van der Waals surface area (Å²) in [7, 11) is 0. The Balaban J connectivity index is 1.47. The van der Waals surface area contributed by atoms with Crippen molar-refractivity contribution in [1.82, 2.24) is 15.2 Å². The highest BCUT2D eigenvalue weighted by molar-refractivity contribution is 5.37. The standard InChI is InChI=1S/C20H25N3O2/c1-2-7-19(25-18-6-3-9-21-13-18)17(5-1)14-23-11-12-24-20(16-23)8-4-10-22-15-20/h1-3,5-7,9,13,22H,4,8,10-12,14-16H2. The summed E-state index contributed by atoms with van der Waals surface area (Å²) in [5.41, 5.74) is 1.18. The number of aromatic nitrogens is 1. The number of benzene rings is 1. The van der Waals surface area contributed by atoms with Crippen molar-refractivity contribution in [1.29, 1.82) is 0 Å². The van der Waals surface area contributed by atoms with E-state index in [9.17, 15) is 0 Å². The van der Waals surface area contributed by atoms with Gasteiger partial charge in [0.1, 0.15) is 11.5 Å². The van der Waals surface area contributed by atoms with Crippen LogP contribution in [0, 0.1) is 0 Å². The van der Waals surface area contributed by atoms with E-state index in [4.69, 9.17) is 9.47 Å². The average molecular weight is 339 g/mol. The highest BCUT2D eigenvalue weighted by Gasteiger charge is 2.37. The Bertz CT molecular complexity index is 681. The third-order valence-electron chi connectivity index (χ3n) is 4.99. The summed E-state index contributed by atoms with van der Waals surface area (Å²) in [5, 5.41) is 3.49. The van der Waals surface area contributed by atoms with Crippen molar-refractivity contribution in [2.75, 3.05) is 32.8 Å². The predicted molar refractivity (Wildman–Crippen MR) is 96.8 cm³/mol. The van der Waals surface area contributed by atoms with Crippen molar-refractivity contribution in [2.45, 2.75) is 25.0 Å². The molecule has 2 fully saturated rings. The van der Waals surface area contributed by atoms with Gasteiger partial charge in [-0.05, 0) is 37.6 Å². The summed E-state index contributed by atoms with van der Waals surface area (Å²) in [5.74, 6) is 1.67. The highest BCUT2D eigenvalue weighted by atomic mass is 16.5. The van der Waals surface area contributed by atoms with Crippen molar-refractivity contribution >= 4 is 0 Å². The summed E-state index contributed by atoms with van der Waals surface area (Å²) < 4.78 is 12.2. The molecule has 1 unspecified atom stereocenters. The third-order valence-corrected chi connectivity index (χ3v) is 4.99. The van der Waals surface area contributed by atoms with E-state index < -0.39 is 0 Å². The second-order valence-corrected chi connectivity index (χ2v) is 6.92. The van der Waals surface area contributed by atoms with Crippen LogP contribution in [0.15, 0.2) is 48.8 Å². The highest BCUT2D eigenvalue weighted by Crippen LogP contribution is 2.29. The fourth-order valence-electron chi connectivity index (χ4n) is 3.77. The molecule has 5 nitrogen and oxygen atoms in total. The smallest absolute Gasteiger partial charge is 0.145 e. The van der Waals surface area contributed by atoms with Crippen molar-refractivity contribution < 1.29 is 9.47 Å². The Hall–Kier alpha value is -1.95. The molecule has 132 valence electrons. The monoisotopic (exact) mass is 339 g/mol. The lowest BCUT2D eigenvalue weighted by atomic mass is 9.92. The molecule has 1 aromatic heterocycles. The summed E-state index contributed by atoms with van der Waals surface area (Å²) in [6.07, 6.45) is 5.83. The molecule has 2 saturated heterocycles. The lowest BCUT2D eigenvalue weighted by Gasteiger charge is -2.45. The van der Waals surface area contributed by atoms with Gasteiger partial charge in [-0.15, -0.1) is 0 Å². The maximum absolute atomic E-state index is 6.16. The molecule has 0 aliphatic carbocycles. The van der Waals surface area contributed by atoms with E-state index in [1.807, 2.05) is 24.3 Å². The van der Waals surface area contributed by atoms with Crippen LogP contribution in [-0.4, -0.2) is 48.3 Å². The van der Waals surface area contributed by atoms with E-state index in [0.29, 0.717) is 0 Å². The van der Waals surface area contributed by atoms with E-state index in [-0.39, 0.29) is 5.60 Å². The molecule has 2 aliphatic rings. The maximum atomic E-state index is 6.16. The lowest BCUT2D eigenvalue weighted by Crippen LogP contribution is -2.58. The number of hydrogen-bond donors (Lipinski definition) is 1. The quantitative estimate of drug-likeness (QED) is 0.928. The van der Waals surface area contributed by atoms with E-state index in [1.54, 1.807) is 12.4 Å². The van der Waals surface area contributed by atoms with Gasteiger partial charge >= 0.3 is 0 Å². The van der Waals surface area contributed by atoms with Crippen LogP contribution < -0.4 is 10.1 Å². The molecule has 0 amide bonds. The van der Waals surface area contributed by atoms with Gasteiger partial charge in [-0.25, -0.2) is 0 Å². The number of piperidine rings is 1. The summed E-state index contributed by atoms with van der Waals surface area (Å²) in [4.78, 5) is 6.61. The minimum atomic E-state index is -0.0182. The fourth-order valence-corrected chi connectivity index (χ4v) is 3.77. The second kappa shape index (κ2) is 7.52. The second-order valence-electron chi connectivity index (χ2n) is 6.92. The molecule has 2 aliphatic heterocycles. The molecule has 1 aromatic carbocycles. The molecule has 1 spiro atoms. The number of nitrogens with zero attached hydrogens (tertiary/aromatic N) is 2. The van der Waals surface area contributed by atoms with Gasteiger partial charge in [0.25, 0.3) is 0 Å². The Morgan fingerprint density at radius 1 is 1.24 bits per heavy atom. The van der Waals surface area contributed by atoms with Crippen LogP contribution in [-0.2, 0) is 11.3 Å². The lowest BCUT2D eigenvalue weighted by molar-refractivity contribution is -0.121. The topological polar surface area (TPSA) is 46.6 Å². The number of morpholine rings is 1. The molecule has 0 saturated carbocycles. The van der Waals surface area contributed by atoms with Crippen LogP contribution in [0.2, 0.25) is 0 Å². The zero-order chi connectivity index (χ0) is 17.0. The van der Waals surface area contributed by atoms with Gasteiger partial charge in [-0.2, -0.15) is 0 Å². The normalized spacial score (nSPS) is 24.3. The van der Waals surface area contributed by atoms with Gasteiger partial charge in [0.05, 0.1) is 18.4 Å². The zero-order valence-electron chi connectivity index (χ0n) is 14.5. The number of pyridine rings is 1. The van der Waals surface area contributed by atoms with E-state index >= 15 is 0 Å². The van der Waals surface area contributed by atoms with Crippen molar-refractivity contribution in [3.8, 4) is 11.5 Å². The van der Waals surface area contributed by atoms with Crippen LogP contribution in [0.5, 0.6) is 11.5 Å². The minimum Gasteiger partial charge on any atom is -0.455 e. The number of nitrogens with one attached hydrogen (secondary N) is 1. The largest absolute Gasteiger partial charge is 0.455 e. The average Bonchev–Trinajstić information content (AvgIpc) is 2.65. The first-order valence-corrected chi connectivity index (χ1v) is 9.06. The number of hydrogen-bond acceptors (Lipinski definition) is 5. The van der Waals surface area contributed by atoms with Gasteiger partial charge in [-0.3, -0.25) is 9.88 Å². The van der Waals surface area contributed by atoms with E-state index in [2.05, 4.69) is 27.3 Å². The Kier molecular flexibility index (Phi) is 4.97. The summed E-state index contributed by atoms with van der Waals surface area (Å²) in [6.45, 7) is 5.67. The van der Waals surface area contributed by atoms with Gasteiger partial charge in [0, 0.05) is 37.9 Å². The molecule has 1 N–H and O–H groups in total. The summed E-state index contributed by atoms with van der Waals surface area (Å²) >= 11 is 0. The maximum Gasteiger partial charge on any atom is 0.145 e. The number of para-hydroxylation sites is 1. The first-order valence-electron chi connectivity index (χ1n) is 9.06. The number of ether oxygens (including phenoxy) is 2.